The molecule has 8 nitrogen and oxygen atoms in total. The number of carbonyl (C=O) groups excluding carboxylic acids is 3. The summed E-state index contributed by atoms with van der Waals surface area (Å²) in [6, 6.07) is 0.993. The quantitative estimate of drug-likeness (QED) is 0.789. The van der Waals surface area contributed by atoms with Crippen molar-refractivity contribution in [3.05, 3.63) is 11.8 Å². The van der Waals surface area contributed by atoms with Crippen LogP contribution in [0.1, 0.15) is 32.4 Å². The van der Waals surface area contributed by atoms with Crippen LogP contribution in [0.5, 0.6) is 0 Å². The first-order valence-corrected chi connectivity index (χ1v) is 6.73. The minimum absolute atomic E-state index is 0.251. The zero-order chi connectivity index (χ0) is 15.6. The maximum absolute atomic E-state index is 12.2. The van der Waals surface area contributed by atoms with Crippen molar-refractivity contribution in [2.24, 2.45) is 0 Å². The van der Waals surface area contributed by atoms with E-state index in [4.69, 9.17) is 4.52 Å². The highest BCUT2D eigenvalue weighted by Crippen LogP contribution is 2.22. The molecule has 0 saturated carbocycles. The van der Waals surface area contributed by atoms with Crippen molar-refractivity contribution in [3.8, 4) is 0 Å². The smallest absolute Gasteiger partial charge is 0.325 e. The summed E-state index contributed by atoms with van der Waals surface area (Å²) < 4.78 is 4.82. The van der Waals surface area contributed by atoms with E-state index < -0.39 is 17.5 Å². The zero-order valence-electron chi connectivity index (χ0n) is 12.2. The molecule has 1 atom stereocenters. The fraction of sp³-hybridized carbons (Fsp3) is 0.538. The van der Waals surface area contributed by atoms with Gasteiger partial charge in [0.2, 0.25) is 5.91 Å². The van der Waals surface area contributed by atoms with Crippen molar-refractivity contribution in [1.82, 2.24) is 15.4 Å². The molecule has 21 heavy (non-hydrogen) atoms. The summed E-state index contributed by atoms with van der Waals surface area (Å²) in [6.45, 7) is 4.93. The Kier molecular flexibility index (Phi) is 3.97. The minimum Gasteiger partial charge on any atom is -0.360 e. The fourth-order valence-corrected chi connectivity index (χ4v) is 2.31. The lowest BCUT2D eigenvalue weighted by atomic mass is 9.96. The Morgan fingerprint density at radius 1 is 1.52 bits per heavy atom. The maximum atomic E-state index is 12.2. The molecular formula is C13H18N4O4. The molecule has 4 amide bonds. The van der Waals surface area contributed by atoms with Gasteiger partial charge in [-0.05, 0) is 20.3 Å². The van der Waals surface area contributed by atoms with Crippen LogP contribution in [0.25, 0.3) is 0 Å². The number of hydrogen-bond donors (Lipinski definition) is 2. The molecule has 8 heteroatoms. The van der Waals surface area contributed by atoms with E-state index >= 15 is 0 Å². The fourth-order valence-electron chi connectivity index (χ4n) is 2.31. The summed E-state index contributed by atoms with van der Waals surface area (Å²) in [5.41, 5.74) is -0.934. The molecule has 1 unspecified atom stereocenters. The van der Waals surface area contributed by atoms with Gasteiger partial charge in [-0.15, -0.1) is 0 Å². The Bertz CT molecular complexity index is 582. The SMILES string of the molecule is CCCC1(C)NC(=O)N(CC(=O)Nc2cc(C)on2)C1=O. The second kappa shape index (κ2) is 5.55. The number of anilines is 1. The highest BCUT2D eigenvalue weighted by Gasteiger charge is 2.47. The number of carbonyl (C=O) groups is 3. The standard InChI is InChI=1S/C13H18N4O4/c1-4-5-13(3)11(19)17(12(20)15-13)7-10(18)14-9-6-8(2)21-16-9/h6H,4-5,7H2,1-3H3,(H,15,20)(H,14,16,18). The van der Waals surface area contributed by atoms with E-state index in [1.54, 1.807) is 19.9 Å². The number of urea groups is 1. The monoisotopic (exact) mass is 294 g/mol. The Hall–Kier alpha value is -2.38. The van der Waals surface area contributed by atoms with Gasteiger partial charge < -0.3 is 15.2 Å². The van der Waals surface area contributed by atoms with Crippen LogP contribution in [0.2, 0.25) is 0 Å². The van der Waals surface area contributed by atoms with Gasteiger partial charge in [-0.2, -0.15) is 0 Å². The van der Waals surface area contributed by atoms with Gasteiger partial charge in [0.15, 0.2) is 5.82 Å². The van der Waals surface area contributed by atoms with Crippen LogP contribution in [0.15, 0.2) is 10.6 Å². The van der Waals surface area contributed by atoms with Gasteiger partial charge in [0.05, 0.1) is 0 Å². The van der Waals surface area contributed by atoms with E-state index in [1.807, 2.05) is 6.92 Å². The number of nitrogens with zero attached hydrogens (tertiary/aromatic N) is 2. The summed E-state index contributed by atoms with van der Waals surface area (Å²) >= 11 is 0. The Labute approximate surface area is 121 Å². The molecule has 1 aliphatic rings. The lowest BCUT2D eigenvalue weighted by Gasteiger charge is -2.20. The van der Waals surface area contributed by atoms with Crippen LogP contribution >= 0.6 is 0 Å². The van der Waals surface area contributed by atoms with Gasteiger partial charge in [0.1, 0.15) is 17.8 Å². The van der Waals surface area contributed by atoms with Crippen molar-refractivity contribution < 1.29 is 18.9 Å². The molecule has 0 aromatic carbocycles. The third-order valence-corrected chi connectivity index (χ3v) is 3.29. The molecule has 2 N–H and O–H groups in total. The van der Waals surface area contributed by atoms with Crippen molar-refractivity contribution in [1.29, 1.82) is 0 Å². The Balaban J connectivity index is 2.00. The van der Waals surface area contributed by atoms with Gasteiger partial charge >= 0.3 is 6.03 Å². The molecule has 0 bridgehead atoms. The minimum atomic E-state index is -0.934. The van der Waals surface area contributed by atoms with E-state index in [0.29, 0.717) is 12.2 Å². The second-order valence-electron chi connectivity index (χ2n) is 5.27. The summed E-state index contributed by atoms with van der Waals surface area (Å²) in [5, 5.41) is 8.72. The molecule has 0 spiro atoms. The topological polar surface area (TPSA) is 105 Å². The normalized spacial score (nSPS) is 21.6. The average Bonchev–Trinajstić information content (AvgIpc) is 2.87. The van der Waals surface area contributed by atoms with E-state index in [-0.39, 0.29) is 18.3 Å². The Morgan fingerprint density at radius 3 is 2.81 bits per heavy atom. The number of hydrogen-bond acceptors (Lipinski definition) is 5. The summed E-state index contributed by atoms with van der Waals surface area (Å²) in [4.78, 5) is 36.9. The Morgan fingerprint density at radius 2 is 2.24 bits per heavy atom. The average molecular weight is 294 g/mol. The van der Waals surface area contributed by atoms with E-state index in [0.717, 1.165) is 11.3 Å². The summed E-state index contributed by atoms with van der Waals surface area (Å²) in [5.74, 6) is -0.0925. The largest absolute Gasteiger partial charge is 0.360 e. The number of rotatable bonds is 5. The van der Waals surface area contributed by atoms with Crippen molar-refractivity contribution >= 4 is 23.7 Å². The van der Waals surface area contributed by atoms with E-state index in [2.05, 4.69) is 15.8 Å². The van der Waals surface area contributed by atoms with Gasteiger partial charge in [0, 0.05) is 6.07 Å². The van der Waals surface area contributed by atoms with Crippen molar-refractivity contribution in [3.63, 3.8) is 0 Å². The summed E-state index contributed by atoms with van der Waals surface area (Å²) in [6.07, 6.45) is 1.28. The van der Waals surface area contributed by atoms with Gasteiger partial charge in [-0.3, -0.25) is 14.5 Å². The zero-order valence-corrected chi connectivity index (χ0v) is 12.2. The lowest BCUT2D eigenvalue weighted by Crippen LogP contribution is -2.44. The molecule has 1 fully saturated rings. The molecule has 0 aliphatic carbocycles. The number of aryl methyl sites for hydroxylation is 1. The van der Waals surface area contributed by atoms with Gasteiger partial charge in [-0.1, -0.05) is 18.5 Å². The van der Waals surface area contributed by atoms with Crippen LogP contribution in [0.4, 0.5) is 10.6 Å². The third-order valence-electron chi connectivity index (χ3n) is 3.29. The molecule has 0 radical (unpaired) electrons. The van der Waals surface area contributed by atoms with Crippen LogP contribution in [-0.2, 0) is 9.59 Å². The third kappa shape index (κ3) is 3.04. The van der Waals surface area contributed by atoms with Gasteiger partial charge in [-0.25, -0.2) is 4.79 Å². The highest BCUT2D eigenvalue weighted by molar-refractivity contribution is 6.09. The van der Waals surface area contributed by atoms with E-state index in [1.165, 1.54) is 0 Å². The molecule has 2 heterocycles. The van der Waals surface area contributed by atoms with Crippen molar-refractivity contribution in [2.45, 2.75) is 39.2 Å². The molecule has 1 aliphatic heterocycles. The first kappa shape index (κ1) is 15.0. The second-order valence-corrected chi connectivity index (χ2v) is 5.27. The molecule has 2 rings (SSSR count). The van der Waals surface area contributed by atoms with Crippen LogP contribution in [0, 0.1) is 6.92 Å². The highest BCUT2D eigenvalue weighted by atomic mass is 16.5. The van der Waals surface area contributed by atoms with Crippen LogP contribution in [-0.4, -0.2) is 40.0 Å². The first-order valence-electron chi connectivity index (χ1n) is 6.73. The lowest BCUT2D eigenvalue weighted by molar-refractivity contribution is -0.133. The molecule has 1 aromatic heterocycles. The maximum Gasteiger partial charge on any atom is 0.325 e. The predicted octanol–water partition coefficient (Wildman–Crippen LogP) is 1.03. The van der Waals surface area contributed by atoms with Crippen molar-refractivity contribution in [2.75, 3.05) is 11.9 Å². The number of nitrogens with one attached hydrogen (secondary N) is 2. The van der Waals surface area contributed by atoms with Gasteiger partial charge in [0.25, 0.3) is 5.91 Å². The number of imide groups is 1. The van der Waals surface area contributed by atoms with E-state index in [9.17, 15) is 14.4 Å². The summed E-state index contributed by atoms with van der Waals surface area (Å²) in [7, 11) is 0. The molecular weight excluding hydrogens is 276 g/mol. The number of aromatic nitrogens is 1. The number of amides is 4. The van der Waals surface area contributed by atoms with Crippen LogP contribution in [0.3, 0.4) is 0 Å². The predicted molar refractivity (Wildman–Crippen MR) is 73.4 cm³/mol. The van der Waals surface area contributed by atoms with Crippen LogP contribution < -0.4 is 10.6 Å². The molecule has 114 valence electrons. The first-order chi connectivity index (χ1) is 9.85. The molecule has 1 aromatic rings. The molecule has 1 saturated heterocycles.